The first-order valence-corrected chi connectivity index (χ1v) is 6.98. The molecular weight excluding hydrogens is 256 g/mol. The fraction of sp³-hybridized carbons (Fsp3) is 0.467. The standard InChI is InChI=1S/C15H20N2O3/c18-14(19)7-6-12-8-10-17(11-9-12)15(20)16-13-4-2-1-3-5-13/h1-5,12H,6-11H2,(H,16,20)(H,18,19). The van der Waals surface area contributed by atoms with Crippen LogP contribution in [0.5, 0.6) is 0 Å². The second-order valence-corrected chi connectivity index (χ2v) is 5.16. The van der Waals surface area contributed by atoms with Gasteiger partial charge in [0, 0.05) is 25.2 Å². The number of aliphatic carboxylic acids is 1. The van der Waals surface area contributed by atoms with Gasteiger partial charge in [-0.3, -0.25) is 4.79 Å². The topological polar surface area (TPSA) is 69.6 Å². The van der Waals surface area contributed by atoms with Gasteiger partial charge in [-0.25, -0.2) is 4.79 Å². The number of para-hydroxylation sites is 1. The van der Waals surface area contributed by atoms with E-state index in [1.807, 2.05) is 30.3 Å². The molecule has 0 aromatic heterocycles. The maximum absolute atomic E-state index is 12.1. The number of likely N-dealkylation sites (tertiary alicyclic amines) is 1. The number of carboxylic acid groups (broad SMARTS) is 1. The number of hydrogen-bond donors (Lipinski definition) is 2. The van der Waals surface area contributed by atoms with Gasteiger partial charge in [-0.15, -0.1) is 0 Å². The molecular formula is C15H20N2O3. The normalized spacial score (nSPS) is 15.9. The summed E-state index contributed by atoms with van der Waals surface area (Å²) in [5, 5.41) is 11.5. The summed E-state index contributed by atoms with van der Waals surface area (Å²) < 4.78 is 0. The minimum absolute atomic E-state index is 0.0760. The number of urea groups is 1. The van der Waals surface area contributed by atoms with Crippen molar-refractivity contribution in [2.75, 3.05) is 18.4 Å². The van der Waals surface area contributed by atoms with E-state index in [0.717, 1.165) is 18.5 Å². The zero-order chi connectivity index (χ0) is 14.4. The molecule has 1 aromatic carbocycles. The quantitative estimate of drug-likeness (QED) is 0.888. The minimum Gasteiger partial charge on any atom is -0.481 e. The van der Waals surface area contributed by atoms with Gasteiger partial charge in [0.25, 0.3) is 0 Å². The molecule has 1 heterocycles. The third-order valence-corrected chi connectivity index (χ3v) is 3.69. The Morgan fingerprint density at radius 3 is 2.45 bits per heavy atom. The van der Waals surface area contributed by atoms with Gasteiger partial charge in [0.1, 0.15) is 0 Å². The second-order valence-electron chi connectivity index (χ2n) is 5.16. The smallest absolute Gasteiger partial charge is 0.321 e. The van der Waals surface area contributed by atoms with Crippen LogP contribution in [0.15, 0.2) is 30.3 Å². The van der Waals surface area contributed by atoms with Crippen LogP contribution >= 0.6 is 0 Å². The van der Waals surface area contributed by atoms with Crippen molar-refractivity contribution in [3.63, 3.8) is 0 Å². The van der Waals surface area contributed by atoms with E-state index in [1.165, 1.54) is 0 Å². The van der Waals surface area contributed by atoms with Crippen molar-refractivity contribution in [2.24, 2.45) is 5.92 Å². The van der Waals surface area contributed by atoms with Gasteiger partial charge in [0.05, 0.1) is 0 Å². The van der Waals surface area contributed by atoms with Crippen LogP contribution in [0, 0.1) is 5.92 Å². The molecule has 0 unspecified atom stereocenters. The molecule has 2 N–H and O–H groups in total. The van der Waals surface area contributed by atoms with E-state index in [0.29, 0.717) is 25.4 Å². The number of piperidine rings is 1. The van der Waals surface area contributed by atoms with E-state index in [9.17, 15) is 9.59 Å². The van der Waals surface area contributed by atoms with Crippen LogP contribution in [0.3, 0.4) is 0 Å². The minimum atomic E-state index is -0.741. The van der Waals surface area contributed by atoms with Gasteiger partial charge in [-0.1, -0.05) is 18.2 Å². The zero-order valence-electron chi connectivity index (χ0n) is 11.4. The van der Waals surface area contributed by atoms with Crippen molar-refractivity contribution < 1.29 is 14.7 Å². The second kappa shape index (κ2) is 6.93. The third-order valence-electron chi connectivity index (χ3n) is 3.69. The molecule has 0 atom stereocenters. The fourth-order valence-corrected chi connectivity index (χ4v) is 2.48. The van der Waals surface area contributed by atoms with Crippen LogP contribution in [0.2, 0.25) is 0 Å². The molecule has 5 nitrogen and oxygen atoms in total. The number of rotatable bonds is 4. The molecule has 0 bridgehead atoms. The molecule has 108 valence electrons. The first-order chi connectivity index (χ1) is 9.65. The monoisotopic (exact) mass is 276 g/mol. The molecule has 1 aliphatic heterocycles. The summed E-state index contributed by atoms with van der Waals surface area (Å²) in [5.74, 6) is -0.318. The SMILES string of the molecule is O=C(O)CCC1CCN(C(=O)Nc2ccccc2)CC1. The molecule has 20 heavy (non-hydrogen) atoms. The Bertz CT molecular complexity index is 453. The van der Waals surface area contributed by atoms with Gasteiger partial charge in [0.2, 0.25) is 0 Å². The number of carboxylic acids is 1. The van der Waals surface area contributed by atoms with E-state index >= 15 is 0 Å². The van der Waals surface area contributed by atoms with Gasteiger partial charge in [0.15, 0.2) is 0 Å². The largest absolute Gasteiger partial charge is 0.481 e. The molecule has 2 rings (SSSR count). The average Bonchev–Trinajstić information content (AvgIpc) is 2.46. The van der Waals surface area contributed by atoms with Crippen molar-refractivity contribution in [1.29, 1.82) is 0 Å². The van der Waals surface area contributed by atoms with Gasteiger partial charge in [-0.2, -0.15) is 0 Å². The van der Waals surface area contributed by atoms with Crippen molar-refractivity contribution in [1.82, 2.24) is 4.90 Å². The predicted octanol–water partition coefficient (Wildman–Crippen LogP) is 2.80. The van der Waals surface area contributed by atoms with Gasteiger partial charge < -0.3 is 15.3 Å². The average molecular weight is 276 g/mol. The highest BCUT2D eigenvalue weighted by Crippen LogP contribution is 2.22. The number of hydrogen-bond acceptors (Lipinski definition) is 2. The molecule has 1 aromatic rings. The van der Waals surface area contributed by atoms with Crippen LogP contribution in [0.1, 0.15) is 25.7 Å². The number of benzene rings is 1. The first-order valence-electron chi connectivity index (χ1n) is 6.98. The number of amides is 2. The lowest BCUT2D eigenvalue weighted by molar-refractivity contribution is -0.137. The Labute approximate surface area is 118 Å². The molecule has 0 spiro atoms. The number of carbonyl (C=O) groups is 2. The number of carbonyl (C=O) groups excluding carboxylic acids is 1. The Morgan fingerprint density at radius 2 is 1.85 bits per heavy atom. The highest BCUT2D eigenvalue weighted by molar-refractivity contribution is 5.89. The van der Waals surface area contributed by atoms with Gasteiger partial charge in [-0.05, 0) is 37.3 Å². The number of anilines is 1. The van der Waals surface area contributed by atoms with Crippen LogP contribution in [-0.4, -0.2) is 35.1 Å². The summed E-state index contributed by atoms with van der Waals surface area (Å²) in [6.45, 7) is 1.39. The summed E-state index contributed by atoms with van der Waals surface area (Å²) in [6.07, 6.45) is 2.70. The maximum Gasteiger partial charge on any atom is 0.321 e. The Balaban J connectivity index is 1.76. The summed E-state index contributed by atoms with van der Waals surface area (Å²) in [4.78, 5) is 24.4. The lowest BCUT2D eigenvalue weighted by Crippen LogP contribution is -2.41. The van der Waals surface area contributed by atoms with E-state index < -0.39 is 5.97 Å². The van der Waals surface area contributed by atoms with Crippen molar-refractivity contribution in [2.45, 2.75) is 25.7 Å². The van der Waals surface area contributed by atoms with E-state index in [-0.39, 0.29) is 12.5 Å². The van der Waals surface area contributed by atoms with E-state index in [1.54, 1.807) is 4.90 Å². The third kappa shape index (κ3) is 4.26. The van der Waals surface area contributed by atoms with E-state index in [2.05, 4.69) is 5.32 Å². The van der Waals surface area contributed by atoms with Crippen LogP contribution in [0.4, 0.5) is 10.5 Å². The lowest BCUT2D eigenvalue weighted by atomic mass is 9.92. The first kappa shape index (κ1) is 14.4. The molecule has 2 amide bonds. The molecule has 1 aliphatic rings. The Hall–Kier alpha value is -2.04. The van der Waals surface area contributed by atoms with Gasteiger partial charge >= 0.3 is 12.0 Å². The Morgan fingerprint density at radius 1 is 1.20 bits per heavy atom. The summed E-state index contributed by atoms with van der Waals surface area (Å²) in [6, 6.07) is 9.31. The van der Waals surface area contributed by atoms with Crippen molar-refractivity contribution in [3.05, 3.63) is 30.3 Å². The lowest BCUT2D eigenvalue weighted by Gasteiger charge is -2.31. The number of nitrogens with zero attached hydrogens (tertiary/aromatic N) is 1. The summed E-state index contributed by atoms with van der Waals surface area (Å²) in [5.41, 5.74) is 0.797. The zero-order valence-corrected chi connectivity index (χ0v) is 11.4. The van der Waals surface area contributed by atoms with Crippen LogP contribution in [-0.2, 0) is 4.79 Å². The predicted molar refractivity (Wildman–Crippen MR) is 76.6 cm³/mol. The van der Waals surface area contributed by atoms with E-state index in [4.69, 9.17) is 5.11 Å². The maximum atomic E-state index is 12.1. The summed E-state index contributed by atoms with van der Waals surface area (Å²) >= 11 is 0. The molecule has 1 fully saturated rings. The van der Waals surface area contributed by atoms with Crippen molar-refractivity contribution in [3.8, 4) is 0 Å². The van der Waals surface area contributed by atoms with Crippen molar-refractivity contribution >= 4 is 17.7 Å². The molecule has 0 saturated carbocycles. The summed E-state index contributed by atoms with van der Waals surface area (Å²) in [7, 11) is 0. The molecule has 0 radical (unpaired) electrons. The molecule has 1 saturated heterocycles. The van der Waals surface area contributed by atoms with Crippen LogP contribution < -0.4 is 5.32 Å². The van der Waals surface area contributed by atoms with Crippen LogP contribution in [0.25, 0.3) is 0 Å². The highest BCUT2D eigenvalue weighted by Gasteiger charge is 2.23. The highest BCUT2D eigenvalue weighted by atomic mass is 16.4. The Kier molecular flexibility index (Phi) is 4.98. The number of nitrogens with one attached hydrogen (secondary N) is 1. The molecule has 5 heteroatoms. The fourth-order valence-electron chi connectivity index (χ4n) is 2.48. The molecule has 0 aliphatic carbocycles.